The zero-order valence-electron chi connectivity index (χ0n) is 14.5. The molecule has 0 saturated heterocycles. The van der Waals surface area contributed by atoms with Gasteiger partial charge in [0.05, 0.1) is 11.6 Å². The number of Topliss-reactive ketones (excluding diaryl/α,β-unsaturated/α-hetero) is 1. The van der Waals surface area contributed by atoms with Crippen molar-refractivity contribution >= 4 is 17.5 Å². The Balaban J connectivity index is 3.03. The van der Waals surface area contributed by atoms with Crippen molar-refractivity contribution in [2.24, 2.45) is 5.92 Å². The number of nitrogens with one attached hydrogen (secondary N) is 1. The number of hydrogen-bond donors (Lipinski definition) is 1. The summed E-state index contributed by atoms with van der Waals surface area (Å²) < 4.78 is 5.10. The van der Waals surface area contributed by atoms with Gasteiger partial charge in [0, 0.05) is 5.71 Å². The topological polar surface area (TPSA) is 91.0 Å². The second-order valence-electron chi connectivity index (χ2n) is 5.79. The van der Waals surface area contributed by atoms with Gasteiger partial charge in [-0.25, -0.2) is 4.79 Å². The number of ketones is 1. The van der Waals surface area contributed by atoms with E-state index >= 15 is 0 Å². The van der Waals surface area contributed by atoms with Gasteiger partial charge in [0.1, 0.15) is 5.92 Å². The van der Waals surface area contributed by atoms with E-state index < -0.39 is 24.3 Å². The zero-order valence-corrected chi connectivity index (χ0v) is 14.5. The minimum Gasteiger partial charge on any atom is -0.454 e. The lowest BCUT2D eigenvalue weighted by atomic mass is 9.89. The second kappa shape index (κ2) is 7.19. The Kier molecular flexibility index (Phi) is 5.80. The Morgan fingerprint density at radius 3 is 1.87 bits per heavy atom. The molecular weight excluding hydrogens is 292 g/mol. The molecule has 5 heteroatoms. The average molecular weight is 314 g/mol. The van der Waals surface area contributed by atoms with E-state index in [1.165, 1.54) is 6.92 Å². The third-order valence-corrected chi connectivity index (χ3v) is 4.43. The highest BCUT2D eigenvalue weighted by molar-refractivity contribution is 6.06. The number of carbonyl (C=O) groups excluding carboxylic acids is 2. The van der Waals surface area contributed by atoms with E-state index in [-0.39, 0.29) is 5.71 Å². The summed E-state index contributed by atoms with van der Waals surface area (Å²) in [6, 6.07) is 1.75. The van der Waals surface area contributed by atoms with Crippen LogP contribution >= 0.6 is 0 Å². The molecule has 0 radical (unpaired) electrons. The smallest absolute Gasteiger partial charge is 0.339 e. The van der Waals surface area contributed by atoms with Crippen LogP contribution in [0.2, 0.25) is 0 Å². The van der Waals surface area contributed by atoms with Gasteiger partial charge in [-0.1, -0.05) is 0 Å². The standard InChI is InChI=1S/C18H22N2O3/c1-9-10(2)12(4)17(13(5)11(9)3)18(22)23-8-16(21)15(7-19)14(6)20/h15,20H,8H2,1-6H3/t15-/m1/s1. The van der Waals surface area contributed by atoms with E-state index in [1.54, 1.807) is 6.07 Å². The van der Waals surface area contributed by atoms with E-state index in [2.05, 4.69) is 0 Å². The number of ether oxygens (including phenoxy) is 1. The monoisotopic (exact) mass is 314 g/mol. The van der Waals surface area contributed by atoms with Crippen LogP contribution in [0.1, 0.15) is 45.1 Å². The number of hydrogen-bond acceptors (Lipinski definition) is 5. The Labute approximate surface area is 136 Å². The lowest BCUT2D eigenvalue weighted by Crippen LogP contribution is -2.26. The summed E-state index contributed by atoms with van der Waals surface area (Å²) in [5.74, 6) is -2.31. The first-order chi connectivity index (χ1) is 10.6. The SMILES string of the molecule is CC(=N)[C@@H](C#N)C(=O)COC(=O)c1c(C)c(C)c(C)c(C)c1C. The molecule has 1 aromatic carbocycles. The maximum atomic E-state index is 12.4. The number of nitriles is 1. The Hall–Kier alpha value is -2.48. The van der Waals surface area contributed by atoms with Crippen molar-refractivity contribution in [3.05, 3.63) is 33.4 Å². The third kappa shape index (κ3) is 3.65. The quantitative estimate of drug-likeness (QED) is 0.667. The van der Waals surface area contributed by atoms with Gasteiger partial charge < -0.3 is 10.1 Å². The van der Waals surface area contributed by atoms with Crippen molar-refractivity contribution in [1.82, 2.24) is 0 Å². The van der Waals surface area contributed by atoms with Gasteiger partial charge in [-0.15, -0.1) is 0 Å². The average Bonchev–Trinajstić information content (AvgIpc) is 2.49. The van der Waals surface area contributed by atoms with Gasteiger partial charge in [-0.05, 0) is 69.4 Å². The van der Waals surface area contributed by atoms with E-state index in [9.17, 15) is 9.59 Å². The van der Waals surface area contributed by atoms with Crippen LogP contribution in [0.5, 0.6) is 0 Å². The molecule has 1 atom stereocenters. The molecule has 0 saturated carbocycles. The van der Waals surface area contributed by atoms with Crippen molar-refractivity contribution < 1.29 is 14.3 Å². The summed E-state index contributed by atoms with van der Waals surface area (Å²) in [6.45, 7) is 10.5. The maximum Gasteiger partial charge on any atom is 0.339 e. The molecule has 122 valence electrons. The van der Waals surface area contributed by atoms with Crippen LogP contribution in [-0.2, 0) is 9.53 Å². The lowest BCUT2D eigenvalue weighted by molar-refractivity contribution is -0.122. The van der Waals surface area contributed by atoms with Crippen LogP contribution in [0.15, 0.2) is 0 Å². The molecule has 0 unspecified atom stereocenters. The molecule has 0 aliphatic heterocycles. The fourth-order valence-corrected chi connectivity index (χ4v) is 2.51. The molecule has 0 aliphatic carbocycles. The first-order valence-corrected chi connectivity index (χ1v) is 7.34. The number of benzene rings is 1. The molecule has 0 amide bonds. The summed E-state index contributed by atoms with van der Waals surface area (Å²) in [6.07, 6.45) is 0. The fourth-order valence-electron chi connectivity index (χ4n) is 2.51. The fraction of sp³-hybridized carbons (Fsp3) is 0.444. The van der Waals surface area contributed by atoms with E-state index in [4.69, 9.17) is 15.4 Å². The zero-order chi connectivity index (χ0) is 17.9. The number of rotatable bonds is 5. The highest BCUT2D eigenvalue weighted by Crippen LogP contribution is 2.26. The predicted octanol–water partition coefficient (Wildman–Crippen LogP) is 3.13. The van der Waals surface area contributed by atoms with E-state index in [1.807, 2.05) is 34.6 Å². The molecule has 0 aromatic heterocycles. The van der Waals surface area contributed by atoms with E-state index in [0.717, 1.165) is 27.8 Å². The van der Waals surface area contributed by atoms with Gasteiger partial charge >= 0.3 is 5.97 Å². The molecular formula is C18H22N2O3. The van der Waals surface area contributed by atoms with Crippen molar-refractivity contribution in [1.29, 1.82) is 10.7 Å². The first kappa shape index (κ1) is 18.6. The predicted molar refractivity (Wildman–Crippen MR) is 87.9 cm³/mol. The summed E-state index contributed by atoms with van der Waals surface area (Å²) in [5.41, 5.74) is 5.28. The van der Waals surface area contributed by atoms with Crippen LogP contribution in [0.25, 0.3) is 0 Å². The molecule has 0 heterocycles. The molecule has 0 bridgehead atoms. The number of carbonyl (C=O) groups is 2. The molecule has 1 rings (SSSR count). The van der Waals surface area contributed by atoms with E-state index in [0.29, 0.717) is 5.56 Å². The molecule has 0 fully saturated rings. The molecule has 5 nitrogen and oxygen atoms in total. The van der Waals surface area contributed by atoms with Crippen molar-refractivity contribution in [2.75, 3.05) is 6.61 Å². The second-order valence-corrected chi connectivity index (χ2v) is 5.79. The highest BCUT2D eigenvalue weighted by Gasteiger charge is 2.24. The van der Waals surface area contributed by atoms with Gasteiger partial charge in [0.2, 0.25) is 0 Å². The normalized spacial score (nSPS) is 11.5. The summed E-state index contributed by atoms with van der Waals surface area (Å²) in [5, 5.41) is 16.3. The summed E-state index contributed by atoms with van der Waals surface area (Å²) in [4.78, 5) is 24.2. The van der Waals surface area contributed by atoms with Crippen molar-refractivity contribution in [3.8, 4) is 6.07 Å². The van der Waals surface area contributed by atoms with Crippen LogP contribution < -0.4 is 0 Å². The molecule has 23 heavy (non-hydrogen) atoms. The minimum atomic E-state index is -1.16. The van der Waals surface area contributed by atoms with Crippen LogP contribution in [0.3, 0.4) is 0 Å². The summed E-state index contributed by atoms with van der Waals surface area (Å²) >= 11 is 0. The lowest BCUT2D eigenvalue weighted by Gasteiger charge is -2.17. The number of esters is 1. The molecule has 1 N–H and O–H groups in total. The minimum absolute atomic E-state index is 0.0528. The van der Waals surface area contributed by atoms with Gasteiger partial charge in [-0.2, -0.15) is 5.26 Å². The van der Waals surface area contributed by atoms with Gasteiger partial charge in [-0.3, -0.25) is 4.79 Å². The van der Waals surface area contributed by atoms with Gasteiger partial charge in [0.25, 0.3) is 0 Å². The van der Waals surface area contributed by atoms with Crippen LogP contribution in [0.4, 0.5) is 0 Å². The molecule has 0 aliphatic rings. The highest BCUT2D eigenvalue weighted by atomic mass is 16.5. The van der Waals surface area contributed by atoms with Gasteiger partial charge in [0.15, 0.2) is 12.4 Å². The van der Waals surface area contributed by atoms with Crippen LogP contribution in [0, 0.1) is 57.3 Å². The Bertz CT molecular complexity index is 698. The number of nitrogens with zero attached hydrogens (tertiary/aromatic N) is 1. The maximum absolute atomic E-state index is 12.4. The summed E-state index contributed by atoms with van der Waals surface area (Å²) in [7, 11) is 0. The first-order valence-electron chi connectivity index (χ1n) is 7.34. The van der Waals surface area contributed by atoms with Crippen molar-refractivity contribution in [3.63, 3.8) is 0 Å². The molecule has 1 aromatic rings. The Morgan fingerprint density at radius 2 is 1.48 bits per heavy atom. The van der Waals surface area contributed by atoms with Crippen LogP contribution in [-0.4, -0.2) is 24.1 Å². The Morgan fingerprint density at radius 1 is 1.04 bits per heavy atom. The third-order valence-electron chi connectivity index (χ3n) is 4.43. The largest absolute Gasteiger partial charge is 0.454 e. The van der Waals surface area contributed by atoms with Crippen molar-refractivity contribution in [2.45, 2.75) is 41.5 Å². The molecule has 0 spiro atoms.